The second-order valence-electron chi connectivity index (χ2n) is 2.79. The molecule has 0 radical (unpaired) electrons. The second kappa shape index (κ2) is 6.80. The molecule has 1 N–H and O–H groups in total. The minimum absolute atomic E-state index is 0.00393. The predicted octanol–water partition coefficient (Wildman–Crippen LogP) is 2.20. The van der Waals surface area contributed by atoms with Gasteiger partial charge in [0.05, 0.1) is 12.7 Å². The van der Waals surface area contributed by atoms with Crippen molar-refractivity contribution in [3.63, 3.8) is 0 Å². The summed E-state index contributed by atoms with van der Waals surface area (Å²) >= 11 is 5.46. The number of halogens is 1. The lowest BCUT2D eigenvalue weighted by molar-refractivity contribution is 0.160. The van der Waals surface area contributed by atoms with Crippen LogP contribution in [0, 0.1) is 0 Å². The maximum Gasteiger partial charge on any atom is 0.345 e. The normalized spacial score (nSPS) is 16.1. The Labute approximate surface area is 83.7 Å². The Hall–Kier alpha value is 0.400. The Morgan fingerprint density at radius 1 is 1.54 bits per heavy atom. The van der Waals surface area contributed by atoms with Crippen molar-refractivity contribution >= 4 is 19.2 Å². The van der Waals surface area contributed by atoms with Crippen LogP contribution in [-0.4, -0.2) is 30.0 Å². The fraction of sp³-hybridized carbons (Fsp3) is 1.00. The molecule has 0 aromatic rings. The molecule has 0 saturated heterocycles. The van der Waals surface area contributed by atoms with E-state index in [1.54, 1.807) is 13.8 Å². The van der Waals surface area contributed by atoms with Gasteiger partial charge in [-0.3, -0.25) is 4.57 Å². The van der Waals surface area contributed by atoms with Crippen molar-refractivity contribution < 1.29 is 18.7 Å². The van der Waals surface area contributed by atoms with Crippen LogP contribution in [0.5, 0.6) is 0 Å². The molecule has 0 rings (SSSR count). The lowest BCUT2D eigenvalue weighted by Crippen LogP contribution is -2.05. The summed E-state index contributed by atoms with van der Waals surface area (Å²) in [7, 11) is -3.13. The van der Waals surface area contributed by atoms with E-state index in [-0.39, 0.29) is 24.9 Å². The van der Waals surface area contributed by atoms with Crippen molar-refractivity contribution in [3.8, 4) is 0 Å². The van der Waals surface area contributed by atoms with E-state index < -0.39 is 7.60 Å². The monoisotopic (exact) mass is 230 g/mol. The molecule has 0 amide bonds. The molecule has 6 heteroatoms. The van der Waals surface area contributed by atoms with Crippen LogP contribution in [0.25, 0.3) is 0 Å². The van der Waals surface area contributed by atoms with Gasteiger partial charge in [0.1, 0.15) is 5.62 Å². The first-order valence-corrected chi connectivity index (χ1v) is 6.39. The molecule has 0 bridgehead atoms. The van der Waals surface area contributed by atoms with Gasteiger partial charge in [-0.05, 0) is 20.3 Å². The van der Waals surface area contributed by atoms with Crippen molar-refractivity contribution in [1.29, 1.82) is 0 Å². The minimum atomic E-state index is -3.13. The third kappa shape index (κ3) is 6.47. The Morgan fingerprint density at radius 2 is 2.15 bits per heavy atom. The molecule has 0 heterocycles. The molecule has 0 spiro atoms. The first-order valence-electron chi connectivity index (χ1n) is 4.13. The Morgan fingerprint density at radius 3 is 2.54 bits per heavy atom. The van der Waals surface area contributed by atoms with Gasteiger partial charge in [0.25, 0.3) is 0 Å². The summed E-state index contributed by atoms with van der Waals surface area (Å²) in [6.45, 7) is 3.72. The van der Waals surface area contributed by atoms with Gasteiger partial charge in [0.15, 0.2) is 0 Å². The van der Waals surface area contributed by atoms with E-state index in [2.05, 4.69) is 0 Å². The SMILES string of the molecule is CC(C)OP(=O)(CCl)OCCCO. The highest BCUT2D eigenvalue weighted by Gasteiger charge is 2.24. The van der Waals surface area contributed by atoms with Crippen LogP contribution in [0.4, 0.5) is 0 Å². The summed E-state index contributed by atoms with van der Waals surface area (Å²) in [6.07, 6.45) is 0.251. The Bertz CT molecular complexity index is 174. The van der Waals surface area contributed by atoms with Crippen LogP contribution in [0.3, 0.4) is 0 Å². The molecule has 0 aliphatic carbocycles. The fourth-order valence-corrected chi connectivity index (χ4v) is 2.29. The summed E-state index contributed by atoms with van der Waals surface area (Å²) in [4.78, 5) is 0. The summed E-state index contributed by atoms with van der Waals surface area (Å²) in [5.74, 6) is 0. The molecule has 0 fully saturated rings. The molecule has 0 saturated carbocycles. The molecule has 80 valence electrons. The molecule has 13 heavy (non-hydrogen) atoms. The zero-order valence-corrected chi connectivity index (χ0v) is 9.55. The third-order valence-corrected chi connectivity index (χ3v) is 3.60. The summed E-state index contributed by atoms with van der Waals surface area (Å²) in [5, 5.41) is 8.47. The quantitative estimate of drug-likeness (QED) is 0.414. The van der Waals surface area contributed by atoms with Gasteiger partial charge in [0, 0.05) is 6.61 Å². The maximum atomic E-state index is 11.6. The second-order valence-corrected chi connectivity index (χ2v) is 5.44. The molecule has 0 aliphatic rings. The first kappa shape index (κ1) is 13.4. The van der Waals surface area contributed by atoms with E-state index in [0.717, 1.165) is 0 Å². The number of hydrogen-bond donors (Lipinski definition) is 1. The predicted molar refractivity (Wildman–Crippen MR) is 52.2 cm³/mol. The van der Waals surface area contributed by atoms with Crippen molar-refractivity contribution in [1.82, 2.24) is 0 Å². The molecular formula is C7H16ClO4P. The molecule has 0 aliphatic heterocycles. The van der Waals surface area contributed by atoms with E-state index in [0.29, 0.717) is 6.42 Å². The fourth-order valence-electron chi connectivity index (χ4n) is 0.682. The Kier molecular flexibility index (Phi) is 7.00. The van der Waals surface area contributed by atoms with Crippen LogP contribution in [0.1, 0.15) is 20.3 Å². The van der Waals surface area contributed by atoms with Crippen LogP contribution >= 0.6 is 19.2 Å². The van der Waals surface area contributed by atoms with Gasteiger partial charge >= 0.3 is 7.60 Å². The standard InChI is InChI=1S/C7H16ClO4P/c1-7(2)12-13(10,6-8)11-5-3-4-9/h7,9H,3-6H2,1-2H3. The molecule has 1 unspecified atom stereocenters. The first-order chi connectivity index (χ1) is 6.04. The highest BCUT2D eigenvalue weighted by molar-refractivity contribution is 7.55. The van der Waals surface area contributed by atoms with Gasteiger partial charge in [-0.25, -0.2) is 0 Å². The molecule has 0 aromatic carbocycles. The van der Waals surface area contributed by atoms with E-state index >= 15 is 0 Å². The van der Waals surface area contributed by atoms with E-state index in [9.17, 15) is 4.57 Å². The number of aliphatic hydroxyl groups is 1. The average Bonchev–Trinajstić information content (AvgIpc) is 2.04. The topological polar surface area (TPSA) is 55.8 Å². The van der Waals surface area contributed by atoms with Gasteiger partial charge in [-0.1, -0.05) is 0 Å². The number of aliphatic hydroxyl groups excluding tert-OH is 1. The number of alkyl halides is 1. The molecule has 0 aromatic heterocycles. The summed E-state index contributed by atoms with van der Waals surface area (Å²) in [5.41, 5.74) is -0.156. The Balaban J connectivity index is 3.89. The van der Waals surface area contributed by atoms with Crippen molar-refractivity contribution in [2.75, 3.05) is 18.8 Å². The lowest BCUT2D eigenvalue weighted by Gasteiger charge is -2.18. The van der Waals surface area contributed by atoms with E-state index in [4.69, 9.17) is 25.8 Å². The van der Waals surface area contributed by atoms with E-state index in [1.165, 1.54) is 0 Å². The van der Waals surface area contributed by atoms with E-state index in [1.807, 2.05) is 0 Å². The summed E-state index contributed by atoms with van der Waals surface area (Å²) < 4.78 is 21.6. The van der Waals surface area contributed by atoms with Gasteiger partial charge in [-0.2, -0.15) is 0 Å². The zero-order valence-electron chi connectivity index (χ0n) is 7.90. The molecule has 4 nitrogen and oxygen atoms in total. The highest BCUT2D eigenvalue weighted by Crippen LogP contribution is 2.50. The summed E-state index contributed by atoms with van der Waals surface area (Å²) in [6, 6.07) is 0. The maximum absolute atomic E-state index is 11.6. The van der Waals surface area contributed by atoms with Crippen LogP contribution in [0.2, 0.25) is 0 Å². The largest absolute Gasteiger partial charge is 0.396 e. The highest BCUT2D eigenvalue weighted by atomic mass is 35.5. The minimum Gasteiger partial charge on any atom is -0.396 e. The molecule has 1 atom stereocenters. The van der Waals surface area contributed by atoms with Crippen LogP contribution in [0.15, 0.2) is 0 Å². The van der Waals surface area contributed by atoms with Gasteiger partial charge in [-0.15, -0.1) is 11.6 Å². The zero-order chi connectivity index (χ0) is 10.3. The lowest BCUT2D eigenvalue weighted by atomic mass is 10.5. The van der Waals surface area contributed by atoms with Crippen LogP contribution in [-0.2, 0) is 13.6 Å². The van der Waals surface area contributed by atoms with Crippen molar-refractivity contribution in [3.05, 3.63) is 0 Å². The van der Waals surface area contributed by atoms with Gasteiger partial charge < -0.3 is 14.2 Å². The van der Waals surface area contributed by atoms with Crippen molar-refractivity contribution in [2.45, 2.75) is 26.4 Å². The van der Waals surface area contributed by atoms with Crippen LogP contribution < -0.4 is 0 Å². The smallest absolute Gasteiger partial charge is 0.345 e. The molecular weight excluding hydrogens is 214 g/mol. The number of hydrogen-bond acceptors (Lipinski definition) is 4. The third-order valence-electron chi connectivity index (χ3n) is 1.11. The number of rotatable bonds is 7. The van der Waals surface area contributed by atoms with Gasteiger partial charge in [0.2, 0.25) is 0 Å². The average molecular weight is 231 g/mol. The van der Waals surface area contributed by atoms with Crippen molar-refractivity contribution in [2.24, 2.45) is 0 Å².